The van der Waals surface area contributed by atoms with Gasteiger partial charge < -0.3 is 10.6 Å². The van der Waals surface area contributed by atoms with Crippen LogP contribution >= 0.6 is 15.9 Å². The molecule has 1 saturated carbocycles. The Balaban J connectivity index is 1.71. The number of rotatable bonds is 3. The van der Waals surface area contributed by atoms with Crippen LogP contribution in [0.5, 0.6) is 0 Å². The highest BCUT2D eigenvalue weighted by molar-refractivity contribution is 9.10. The predicted octanol–water partition coefficient (Wildman–Crippen LogP) is 3.20. The van der Waals surface area contributed by atoms with Crippen molar-refractivity contribution in [3.8, 4) is 0 Å². The van der Waals surface area contributed by atoms with Gasteiger partial charge in [0.15, 0.2) is 0 Å². The van der Waals surface area contributed by atoms with Crippen molar-refractivity contribution in [2.45, 2.75) is 45.1 Å². The summed E-state index contributed by atoms with van der Waals surface area (Å²) < 4.78 is 0.760. The number of urea groups is 1. The molecule has 4 amide bonds. The summed E-state index contributed by atoms with van der Waals surface area (Å²) in [7, 11) is 0. The number of anilines is 1. The summed E-state index contributed by atoms with van der Waals surface area (Å²) in [6.07, 6.45) is 3.52. The number of nitrogens with zero attached hydrogens (tertiary/aromatic N) is 1. The van der Waals surface area contributed by atoms with Gasteiger partial charge in [0.25, 0.3) is 5.91 Å². The molecular weight excluding hydrogens is 386 g/mol. The molecule has 2 atom stereocenters. The molecule has 0 unspecified atom stereocenters. The van der Waals surface area contributed by atoms with Crippen molar-refractivity contribution in [1.29, 1.82) is 0 Å². The van der Waals surface area contributed by atoms with Crippen molar-refractivity contribution in [2.24, 2.45) is 5.92 Å². The van der Waals surface area contributed by atoms with Crippen molar-refractivity contribution in [1.82, 2.24) is 10.2 Å². The van der Waals surface area contributed by atoms with Gasteiger partial charge in [-0.25, -0.2) is 4.79 Å². The molecule has 1 aliphatic carbocycles. The van der Waals surface area contributed by atoms with Crippen LogP contribution in [0, 0.1) is 12.8 Å². The van der Waals surface area contributed by atoms with E-state index in [4.69, 9.17) is 0 Å². The van der Waals surface area contributed by atoms with Gasteiger partial charge in [-0.2, -0.15) is 0 Å². The lowest BCUT2D eigenvalue weighted by Gasteiger charge is -2.36. The number of nitrogens with one attached hydrogen (secondary N) is 2. The number of hydrogen-bond acceptors (Lipinski definition) is 3. The second-order valence-electron chi connectivity index (χ2n) is 6.97. The Morgan fingerprint density at radius 2 is 2.16 bits per heavy atom. The van der Waals surface area contributed by atoms with Crippen LogP contribution in [0.4, 0.5) is 10.5 Å². The van der Waals surface area contributed by atoms with E-state index in [0.29, 0.717) is 12.1 Å². The van der Waals surface area contributed by atoms with Crippen LogP contribution in [0.2, 0.25) is 0 Å². The number of carbonyl (C=O) groups excluding carboxylic acids is 3. The third-order valence-corrected chi connectivity index (χ3v) is 5.86. The van der Waals surface area contributed by atoms with E-state index < -0.39 is 17.5 Å². The third-order valence-electron chi connectivity index (χ3n) is 5.20. The minimum atomic E-state index is -0.833. The van der Waals surface area contributed by atoms with Gasteiger partial charge in [-0.3, -0.25) is 14.5 Å². The van der Waals surface area contributed by atoms with Crippen LogP contribution in [0.3, 0.4) is 0 Å². The Labute approximate surface area is 155 Å². The highest BCUT2D eigenvalue weighted by Crippen LogP contribution is 2.38. The Morgan fingerprint density at radius 1 is 1.40 bits per heavy atom. The lowest BCUT2D eigenvalue weighted by atomic mass is 9.73. The lowest BCUT2D eigenvalue weighted by molar-refractivity contribution is -0.136. The van der Waals surface area contributed by atoms with Crippen LogP contribution in [-0.2, 0) is 9.59 Å². The van der Waals surface area contributed by atoms with Crippen LogP contribution in [0.25, 0.3) is 0 Å². The first kappa shape index (κ1) is 17.9. The van der Waals surface area contributed by atoms with Crippen LogP contribution in [0.1, 0.15) is 38.2 Å². The minimum Gasteiger partial charge on any atom is -0.323 e. The molecule has 134 valence electrons. The zero-order chi connectivity index (χ0) is 18.2. The molecule has 6 nitrogen and oxygen atoms in total. The Kier molecular flexibility index (Phi) is 4.86. The number of halogens is 1. The Hall–Kier alpha value is -1.89. The molecule has 1 heterocycles. The monoisotopic (exact) mass is 407 g/mol. The van der Waals surface area contributed by atoms with Gasteiger partial charge in [0.2, 0.25) is 5.91 Å². The van der Waals surface area contributed by atoms with Crippen LogP contribution in [0.15, 0.2) is 22.7 Å². The second kappa shape index (κ2) is 6.78. The molecule has 1 spiro atoms. The summed E-state index contributed by atoms with van der Waals surface area (Å²) in [5.41, 5.74) is 0.843. The first-order chi connectivity index (χ1) is 11.8. The van der Waals surface area contributed by atoms with E-state index in [1.54, 1.807) is 6.07 Å². The first-order valence-electron chi connectivity index (χ1n) is 8.53. The number of benzene rings is 1. The van der Waals surface area contributed by atoms with Gasteiger partial charge in [-0.05, 0) is 59.3 Å². The van der Waals surface area contributed by atoms with Crippen molar-refractivity contribution in [3.63, 3.8) is 0 Å². The largest absolute Gasteiger partial charge is 0.325 e. The molecule has 3 rings (SSSR count). The fraction of sp³-hybridized carbons (Fsp3) is 0.500. The van der Waals surface area contributed by atoms with Gasteiger partial charge in [0.05, 0.1) is 5.69 Å². The van der Waals surface area contributed by atoms with E-state index in [1.165, 1.54) is 0 Å². The SMILES string of the molecule is Cc1ccc(NC(=O)CN2C(=O)N[C@@]3(CCCC[C@H]3C)C2=O)c(Br)c1. The van der Waals surface area contributed by atoms with Crippen molar-refractivity contribution in [2.75, 3.05) is 11.9 Å². The smallest absolute Gasteiger partial charge is 0.323 e. The molecule has 1 aromatic carbocycles. The molecule has 0 aromatic heterocycles. The van der Waals surface area contributed by atoms with Crippen molar-refractivity contribution >= 4 is 39.5 Å². The van der Waals surface area contributed by atoms with Gasteiger partial charge in [-0.1, -0.05) is 25.8 Å². The van der Waals surface area contributed by atoms with Crippen molar-refractivity contribution in [3.05, 3.63) is 28.2 Å². The Morgan fingerprint density at radius 3 is 2.84 bits per heavy atom. The van der Waals surface area contributed by atoms with Gasteiger partial charge in [-0.15, -0.1) is 0 Å². The predicted molar refractivity (Wildman–Crippen MR) is 98.1 cm³/mol. The maximum Gasteiger partial charge on any atom is 0.325 e. The van der Waals surface area contributed by atoms with E-state index in [2.05, 4.69) is 26.6 Å². The summed E-state index contributed by atoms with van der Waals surface area (Å²) in [6, 6.07) is 5.08. The fourth-order valence-corrected chi connectivity index (χ4v) is 4.29. The van der Waals surface area contributed by atoms with Crippen molar-refractivity contribution < 1.29 is 14.4 Å². The number of aryl methyl sites for hydroxylation is 1. The molecule has 0 radical (unpaired) electrons. The van der Waals surface area contributed by atoms with Gasteiger partial charge in [0, 0.05) is 4.47 Å². The summed E-state index contributed by atoms with van der Waals surface area (Å²) in [5.74, 6) is -0.589. The summed E-state index contributed by atoms with van der Waals surface area (Å²) >= 11 is 3.40. The van der Waals surface area contributed by atoms with Crippen LogP contribution < -0.4 is 10.6 Å². The van der Waals surface area contributed by atoms with E-state index in [-0.39, 0.29) is 18.4 Å². The molecular formula is C18H22BrN3O3. The molecule has 1 aromatic rings. The molecule has 2 fully saturated rings. The summed E-state index contributed by atoms with van der Waals surface area (Å²) in [5, 5.41) is 5.60. The van der Waals surface area contributed by atoms with E-state index in [1.807, 2.05) is 26.0 Å². The topological polar surface area (TPSA) is 78.5 Å². The highest BCUT2D eigenvalue weighted by Gasteiger charge is 2.55. The van der Waals surface area contributed by atoms with Gasteiger partial charge in [0.1, 0.15) is 12.1 Å². The third kappa shape index (κ3) is 3.29. The zero-order valence-corrected chi connectivity index (χ0v) is 16.0. The molecule has 1 aliphatic heterocycles. The maximum atomic E-state index is 12.9. The van der Waals surface area contributed by atoms with E-state index >= 15 is 0 Å². The average Bonchev–Trinajstić information content (AvgIpc) is 2.78. The number of carbonyl (C=O) groups is 3. The molecule has 0 bridgehead atoms. The van der Waals surface area contributed by atoms with Gasteiger partial charge >= 0.3 is 6.03 Å². The maximum absolute atomic E-state index is 12.9. The summed E-state index contributed by atoms with van der Waals surface area (Å²) in [4.78, 5) is 38.5. The number of hydrogen-bond donors (Lipinski definition) is 2. The molecule has 1 saturated heterocycles. The van der Waals surface area contributed by atoms with E-state index in [0.717, 1.165) is 34.2 Å². The fourth-order valence-electron chi connectivity index (χ4n) is 3.69. The molecule has 7 heteroatoms. The summed E-state index contributed by atoms with van der Waals surface area (Å²) in [6.45, 7) is 3.66. The second-order valence-corrected chi connectivity index (χ2v) is 7.83. The molecule has 25 heavy (non-hydrogen) atoms. The molecule has 2 N–H and O–H groups in total. The molecule has 2 aliphatic rings. The highest BCUT2D eigenvalue weighted by atomic mass is 79.9. The standard InChI is InChI=1S/C18H22BrN3O3/c1-11-6-7-14(13(19)9-11)20-15(23)10-22-16(24)18(21-17(22)25)8-4-3-5-12(18)2/h6-7,9,12H,3-5,8,10H2,1-2H3,(H,20,23)(H,21,25)/t12-,18-/m1/s1. The number of imide groups is 1. The minimum absolute atomic E-state index is 0.0806. The Bertz CT molecular complexity index is 736. The normalized spacial score (nSPS) is 26.0. The quantitative estimate of drug-likeness (QED) is 0.755. The zero-order valence-electron chi connectivity index (χ0n) is 14.4. The van der Waals surface area contributed by atoms with E-state index in [9.17, 15) is 14.4 Å². The number of amides is 4. The average molecular weight is 408 g/mol. The lowest BCUT2D eigenvalue weighted by Crippen LogP contribution is -2.54. The first-order valence-corrected chi connectivity index (χ1v) is 9.33. The van der Waals surface area contributed by atoms with Crippen LogP contribution in [-0.4, -0.2) is 34.8 Å².